The lowest BCUT2D eigenvalue weighted by Gasteiger charge is -2.60. The Morgan fingerprint density at radius 1 is 1.15 bits per heavy atom. The molecule has 2 saturated heterocycles. The molecule has 218 valence electrons. The molecule has 5 heteroatoms. The van der Waals surface area contributed by atoms with Crippen molar-refractivity contribution in [3.63, 3.8) is 0 Å². The molecule has 6 rings (SSSR count). The van der Waals surface area contributed by atoms with Crippen LogP contribution in [0.3, 0.4) is 0 Å². The number of hydrogen-bond acceptors (Lipinski definition) is 4. The van der Waals surface area contributed by atoms with E-state index in [0.717, 1.165) is 63.6 Å². The lowest BCUT2D eigenvalue weighted by molar-refractivity contribution is -0.197. The van der Waals surface area contributed by atoms with Crippen LogP contribution in [0.5, 0.6) is 0 Å². The number of carbonyl (C=O) groups is 2. The van der Waals surface area contributed by atoms with Gasteiger partial charge in [-0.2, -0.15) is 0 Å². The first-order valence-electron chi connectivity index (χ1n) is 16.4. The van der Waals surface area contributed by atoms with Gasteiger partial charge in [-0.25, -0.2) is 0 Å². The molecule has 0 aromatic rings. The number of carboxylic acids is 1. The van der Waals surface area contributed by atoms with E-state index >= 15 is 0 Å². The van der Waals surface area contributed by atoms with Crippen molar-refractivity contribution in [3.8, 4) is 0 Å². The zero-order valence-corrected chi connectivity index (χ0v) is 25.2. The predicted molar refractivity (Wildman–Crippen MR) is 153 cm³/mol. The number of aldehydes is 1. The summed E-state index contributed by atoms with van der Waals surface area (Å²) in [5.74, 6) is 1.76. The van der Waals surface area contributed by atoms with Gasteiger partial charge in [0.2, 0.25) is 0 Å². The van der Waals surface area contributed by atoms with Crippen LogP contribution < -0.4 is 0 Å². The molecule has 0 amide bonds. The van der Waals surface area contributed by atoms with Crippen LogP contribution in [0.15, 0.2) is 11.6 Å². The van der Waals surface area contributed by atoms with Crippen LogP contribution in [0.2, 0.25) is 0 Å². The summed E-state index contributed by atoms with van der Waals surface area (Å²) in [6.07, 6.45) is 14.5. The second-order valence-corrected chi connectivity index (χ2v) is 15.4. The van der Waals surface area contributed by atoms with Crippen LogP contribution >= 0.6 is 0 Å². The highest BCUT2D eigenvalue weighted by molar-refractivity contribution is 5.90. The Bertz CT molecular complexity index is 999. The van der Waals surface area contributed by atoms with Gasteiger partial charge in [-0.15, -0.1) is 0 Å². The third-order valence-corrected chi connectivity index (χ3v) is 13.0. The van der Waals surface area contributed by atoms with E-state index < -0.39 is 22.2 Å². The number of piperidine rings is 1. The number of carboxylic acid groups (broad SMARTS) is 1. The summed E-state index contributed by atoms with van der Waals surface area (Å²) in [6, 6.07) is 0. The monoisotopic (exact) mass is 539 g/mol. The fourth-order valence-electron chi connectivity index (χ4n) is 11.4. The number of likely N-dealkylation sites (tertiary alicyclic amines) is 1. The lowest BCUT2D eigenvalue weighted by Crippen LogP contribution is -2.65. The van der Waals surface area contributed by atoms with Crippen LogP contribution in [0.1, 0.15) is 98.8 Å². The van der Waals surface area contributed by atoms with Gasteiger partial charge in [0.05, 0.1) is 17.6 Å². The summed E-state index contributed by atoms with van der Waals surface area (Å²) in [5, 5.41) is 11.4. The van der Waals surface area contributed by atoms with Crippen LogP contribution in [0.4, 0.5) is 0 Å². The van der Waals surface area contributed by atoms with Crippen molar-refractivity contribution in [2.45, 2.75) is 111 Å². The van der Waals surface area contributed by atoms with Gasteiger partial charge in [-0.3, -0.25) is 4.79 Å². The quantitative estimate of drug-likeness (QED) is 0.264. The van der Waals surface area contributed by atoms with Gasteiger partial charge < -0.3 is 19.5 Å². The molecule has 0 radical (unpaired) electrons. The zero-order valence-electron chi connectivity index (χ0n) is 25.2. The number of rotatable bonds is 9. The smallest absolute Gasteiger partial charge is 0.315 e. The van der Waals surface area contributed by atoms with Crippen LogP contribution in [0.25, 0.3) is 0 Å². The number of hydrogen-bond donors (Lipinski definition) is 1. The fraction of sp³-hybridized carbons (Fsp3) is 0.882. The molecule has 4 aliphatic carbocycles. The van der Waals surface area contributed by atoms with Crippen LogP contribution in [0, 0.1) is 57.7 Å². The first-order chi connectivity index (χ1) is 18.6. The highest BCUT2D eigenvalue weighted by atomic mass is 16.5. The summed E-state index contributed by atoms with van der Waals surface area (Å²) in [4.78, 5) is 30.0. The highest BCUT2D eigenvalue weighted by Crippen LogP contribution is 2.84. The third-order valence-electron chi connectivity index (χ3n) is 13.0. The molecule has 2 aliphatic heterocycles. The maximum atomic E-state index is 13.9. The van der Waals surface area contributed by atoms with Crippen molar-refractivity contribution in [1.29, 1.82) is 0 Å². The van der Waals surface area contributed by atoms with Crippen molar-refractivity contribution >= 4 is 12.3 Å². The fourth-order valence-corrected chi connectivity index (χ4v) is 11.4. The summed E-state index contributed by atoms with van der Waals surface area (Å²) in [7, 11) is 0. The van der Waals surface area contributed by atoms with E-state index in [4.69, 9.17) is 4.74 Å². The average molecular weight is 540 g/mol. The molecule has 5 nitrogen and oxygen atoms in total. The van der Waals surface area contributed by atoms with Crippen molar-refractivity contribution in [1.82, 2.24) is 4.90 Å². The number of ether oxygens (including phenoxy) is 1. The van der Waals surface area contributed by atoms with Gasteiger partial charge in [0.25, 0.3) is 0 Å². The van der Waals surface area contributed by atoms with E-state index in [0.29, 0.717) is 30.1 Å². The topological polar surface area (TPSA) is 66.8 Å². The Morgan fingerprint density at radius 2 is 1.90 bits per heavy atom. The largest absolute Gasteiger partial charge is 0.481 e. The van der Waals surface area contributed by atoms with Gasteiger partial charge in [-0.1, -0.05) is 65.5 Å². The minimum absolute atomic E-state index is 0.0892. The highest BCUT2D eigenvalue weighted by Gasteiger charge is 2.86. The van der Waals surface area contributed by atoms with Crippen LogP contribution in [-0.4, -0.2) is 54.1 Å². The van der Waals surface area contributed by atoms with E-state index in [1.54, 1.807) is 0 Å². The summed E-state index contributed by atoms with van der Waals surface area (Å²) < 4.78 is 7.27. The average Bonchev–Trinajstić information content (AvgIpc) is 3.61. The molecule has 5 fully saturated rings. The van der Waals surface area contributed by atoms with Gasteiger partial charge in [-0.05, 0) is 99.5 Å². The van der Waals surface area contributed by atoms with Crippen molar-refractivity contribution in [2.75, 3.05) is 19.6 Å². The number of aliphatic carboxylic acids is 1. The predicted octanol–water partition coefficient (Wildman–Crippen LogP) is 6.61. The van der Waals surface area contributed by atoms with E-state index in [9.17, 15) is 14.7 Å². The maximum Gasteiger partial charge on any atom is 0.315 e. The summed E-state index contributed by atoms with van der Waals surface area (Å²) in [5.41, 5.74) is -1.39. The van der Waals surface area contributed by atoms with Crippen LogP contribution in [-0.2, 0) is 14.3 Å². The van der Waals surface area contributed by atoms with Crippen molar-refractivity contribution in [2.24, 2.45) is 57.7 Å². The SMILES string of the molecule is CC(C)CCC1CC(C23C[C@@H]4[C@H](C)CC[C@H]4C4(C=O)CC2C=C(C(C)C)C34C(=O)O)OC1CN1CCCCC1. The Balaban J connectivity index is 1.44. The summed E-state index contributed by atoms with van der Waals surface area (Å²) >= 11 is 0. The zero-order chi connectivity index (χ0) is 27.7. The van der Waals surface area contributed by atoms with E-state index in [1.807, 2.05) is 0 Å². The van der Waals surface area contributed by atoms with Gasteiger partial charge in [0, 0.05) is 12.0 Å². The lowest BCUT2D eigenvalue weighted by atomic mass is 9.41. The Kier molecular flexibility index (Phi) is 7.14. The summed E-state index contributed by atoms with van der Waals surface area (Å²) in [6.45, 7) is 14.6. The number of allylic oxidation sites excluding steroid dienone is 1. The molecular weight excluding hydrogens is 486 g/mol. The molecule has 2 heterocycles. The van der Waals surface area contributed by atoms with Gasteiger partial charge in [0.1, 0.15) is 11.7 Å². The second kappa shape index (κ2) is 9.96. The standard InChI is InChI=1S/C34H53NO4/c1-21(2)9-11-24-15-30(39-29(24)19-35-13-7-6-8-14-35)33-18-26-23(5)10-12-27(26)32(20-36)17-25(33)16-28(22(3)4)34(32,33)31(37)38/h16,20-27,29-30H,6-15,17-19H2,1-5H3,(H,37,38)/t23-,24?,25?,26-,27-,29?,30?,32?,33?,34?/m1/s1. The van der Waals surface area contributed by atoms with E-state index in [2.05, 4.69) is 45.6 Å². The van der Waals surface area contributed by atoms with Gasteiger partial charge >= 0.3 is 5.97 Å². The van der Waals surface area contributed by atoms with Gasteiger partial charge in [0.15, 0.2) is 0 Å². The second-order valence-electron chi connectivity index (χ2n) is 15.4. The molecule has 3 saturated carbocycles. The number of nitrogens with zero attached hydrogens (tertiary/aromatic N) is 1. The number of fused-ring (bicyclic) bond motifs is 2. The molecule has 0 aromatic heterocycles. The Hall–Kier alpha value is -1.20. The van der Waals surface area contributed by atoms with Crippen molar-refractivity contribution < 1.29 is 19.4 Å². The van der Waals surface area contributed by atoms with E-state index in [-0.39, 0.29) is 30.0 Å². The Morgan fingerprint density at radius 3 is 2.54 bits per heavy atom. The minimum Gasteiger partial charge on any atom is -0.481 e. The Labute approximate surface area is 236 Å². The molecule has 4 bridgehead atoms. The molecule has 7 unspecified atom stereocenters. The molecule has 39 heavy (non-hydrogen) atoms. The normalized spacial score (nSPS) is 47.2. The third kappa shape index (κ3) is 3.70. The first kappa shape index (κ1) is 27.9. The molecule has 1 N–H and O–H groups in total. The maximum absolute atomic E-state index is 13.9. The molecule has 10 atom stereocenters. The first-order valence-corrected chi connectivity index (χ1v) is 16.4. The van der Waals surface area contributed by atoms with E-state index in [1.165, 1.54) is 25.7 Å². The number of carbonyl (C=O) groups excluding carboxylic acids is 1. The minimum atomic E-state index is -1.13. The molecule has 0 spiro atoms. The van der Waals surface area contributed by atoms with Crippen molar-refractivity contribution in [3.05, 3.63) is 11.6 Å². The molecular formula is C34H53NO4. The molecule has 0 aromatic carbocycles. The molecule has 6 aliphatic rings.